The third kappa shape index (κ3) is 87.5. The molecule has 0 aliphatic heterocycles. The molecule has 0 bridgehead atoms. The van der Waals surface area contributed by atoms with Crippen molar-refractivity contribution < 1.29 is 44.8 Å². The van der Waals surface area contributed by atoms with Crippen LogP contribution in [0.2, 0.25) is 0 Å². The van der Waals surface area contributed by atoms with E-state index in [9.17, 15) is 0 Å². The van der Waals surface area contributed by atoms with E-state index in [0.29, 0.717) is 0 Å². The van der Waals surface area contributed by atoms with E-state index in [1.807, 2.05) is 0 Å². The molecule has 0 aromatic heterocycles. The van der Waals surface area contributed by atoms with Gasteiger partial charge in [0, 0.05) is 0 Å². The first-order valence-corrected chi connectivity index (χ1v) is 20.0. The molecule has 9 heavy (non-hydrogen) atoms. The summed E-state index contributed by atoms with van der Waals surface area (Å²) in [7, 11) is 26.1. The Morgan fingerprint density at radius 3 is 0.778 bits per heavy atom. The van der Waals surface area contributed by atoms with E-state index in [0.717, 1.165) is 0 Å². The molecule has 0 aromatic carbocycles. The predicted molar refractivity (Wildman–Crippen MR) is 45.5 cm³/mol. The normalized spacial score (nSPS) is 4.00. The zero-order valence-electron chi connectivity index (χ0n) is 3.67. The molecular formula is Mo2S6W. The van der Waals surface area contributed by atoms with Crippen LogP contribution in [0.3, 0.4) is 0 Å². The molecule has 0 nitrogen and oxygen atoms in total. The van der Waals surface area contributed by atoms with E-state index in [1.54, 1.807) is 0 Å². The molecule has 0 radical (unpaired) electrons. The van der Waals surface area contributed by atoms with E-state index >= 15 is 0 Å². The number of hydrogen-bond donors (Lipinski definition) is 0. The van der Waals surface area contributed by atoms with E-state index in [2.05, 4.69) is 58.9 Å². The van der Waals surface area contributed by atoms with Gasteiger partial charge in [-0.05, 0) is 0 Å². The first kappa shape index (κ1) is 18.2. The monoisotopic (exact) mass is 572 g/mol. The third-order valence-corrected chi connectivity index (χ3v) is 0. The fraction of sp³-hybridized carbons (Fsp3) is 0. The molecule has 0 fully saturated rings. The third-order valence-electron chi connectivity index (χ3n) is 0. The van der Waals surface area contributed by atoms with Gasteiger partial charge in [-0.1, -0.05) is 0 Å². The molecule has 0 saturated carbocycles. The molecule has 0 aromatic rings. The molecule has 0 aliphatic rings. The van der Waals surface area contributed by atoms with Crippen molar-refractivity contribution in [2.75, 3.05) is 0 Å². The molecule has 0 heterocycles. The van der Waals surface area contributed by atoms with E-state index < -0.39 is 14.9 Å². The maximum absolute atomic E-state index is 4.38. The average molecular weight is 568 g/mol. The van der Waals surface area contributed by atoms with Gasteiger partial charge < -0.3 is 0 Å². The molecule has 0 amide bonds. The molecule has 0 spiro atoms. The van der Waals surface area contributed by atoms with Crippen molar-refractivity contribution in [3.05, 3.63) is 0 Å². The van der Waals surface area contributed by atoms with Gasteiger partial charge in [0.1, 0.15) is 0 Å². The van der Waals surface area contributed by atoms with E-state index in [1.165, 1.54) is 0 Å². The number of hydrogen-bond acceptors (Lipinski definition) is 6. The zero-order valence-corrected chi connectivity index (χ0v) is 15.5. The van der Waals surface area contributed by atoms with E-state index in [4.69, 9.17) is 0 Å². The van der Waals surface area contributed by atoms with Crippen LogP contribution in [0.4, 0.5) is 0 Å². The molecule has 0 aliphatic carbocycles. The van der Waals surface area contributed by atoms with Gasteiger partial charge in [0.2, 0.25) is 0 Å². The molecule has 54 valence electrons. The van der Waals surface area contributed by atoms with E-state index in [-0.39, 0.29) is 29.8 Å². The summed E-state index contributed by atoms with van der Waals surface area (Å²) in [6.07, 6.45) is 0. The summed E-state index contributed by atoms with van der Waals surface area (Å²) in [6.45, 7) is 0. The van der Waals surface area contributed by atoms with Crippen molar-refractivity contribution in [1.29, 1.82) is 0 Å². The van der Waals surface area contributed by atoms with Crippen molar-refractivity contribution in [3.63, 3.8) is 0 Å². The molecule has 0 rings (SSSR count). The number of rotatable bonds is 0. The van der Waals surface area contributed by atoms with Gasteiger partial charge in [0.25, 0.3) is 0 Å². The Kier molecular flexibility index (Phi) is 61.0. The second-order valence-electron chi connectivity index (χ2n) is 0.204. The summed E-state index contributed by atoms with van der Waals surface area (Å²) in [4.78, 5) is 0. The van der Waals surface area contributed by atoms with Crippen LogP contribution in [0.1, 0.15) is 0 Å². The predicted octanol–water partition coefficient (Wildman–Crippen LogP) is 3.88. The van der Waals surface area contributed by atoms with Crippen molar-refractivity contribution in [2.45, 2.75) is 0 Å². The van der Waals surface area contributed by atoms with Crippen LogP contribution in [0.5, 0.6) is 0 Å². The van der Waals surface area contributed by atoms with Crippen LogP contribution in [0.25, 0.3) is 0 Å². The van der Waals surface area contributed by atoms with Crippen LogP contribution in [-0.4, -0.2) is 0 Å². The van der Waals surface area contributed by atoms with Crippen molar-refractivity contribution in [3.8, 4) is 0 Å². The van der Waals surface area contributed by atoms with Gasteiger partial charge in [0.05, 0.1) is 0 Å². The Hall–Kier alpha value is 3.38. The Balaban J connectivity index is -0.0000000600. The van der Waals surface area contributed by atoms with Crippen LogP contribution in [-0.2, 0) is 44.8 Å². The topological polar surface area (TPSA) is 0 Å². The van der Waals surface area contributed by atoms with Crippen LogP contribution in [0, 0.1) is 0 Å². The zero-order chi connectivity index (χ0) is 8.12. The summed E-state index contributed by atoms with van der Waals surface area (Å²) in [5.41, 5.74) is 0. The Bertz CT molecular complexity index is 103. The molecule has 0 atom stereocenters. The summed E-state index contributed by atoms with van der Waals surface area (Å²) < 4.78 is 0. The summed E-state index contributed by atoms with van der Waals surface area (Å²) in [5, 5.41) is 0. The first-order chi connectivity index (χ1) is 4.24. The van der Waals surface area contributed by atoms with Gasteiger partial charge in [0.15, 0.2) is 0 Å². The molecule has 0 saturated heterocycles. The van der Waals surface area contributed by atoms with Gasteiger partial charge in [-0.15, -0.1) is 0 Å². The Morgan fingerprint density at radius 1 is 0.778 bits per heavy atom. The standard InChI is InChI=1S/2Mo.6S.W. The second-order valence-corrected chi connectivity index (χ2v) is 12.3. The molecule has 0 unspecified atom stereocenters. The van der Waals surface area contributed by atoms with Gasteiger partial charge in [-0.3, -0.25) is 0 Å². The van der Waals surface area contributed by atoms with Crippen LogP contribution < -0.4 is 0 Å². The minimum atomic E-state index is -0.583. The average Bonchev–Trinajstić information content (AvgIpc) is 1.70. The van der Waals surface area contributed by atoms with Crippen molar-refractivity contribution >= 4 is 58.9 Å². The van der Waals surface area contributed by atoms with Crippen molar-refractivity contribution in [1.82, 2.24) is 0 Å². The second kappa shape index (κ2) is 30.1. The quantitative estimate of drug-likeness (QED) is 0.405. The van der Waals surface area contributed by atoms with Crippen LogP contribution >= 0.6 is 58.9 Å². The summed E-state index contributed by atoms with van der Waals surface area (Å²) in [6, 6.07) is 0. The minimum absolute atomic E-state index is 0.363. The molecule has 9 heteroatoms. The Labute approximate surface area is 101 Å². The fourth-order valence-electron chi connectivity index (χ4n) is 0. The fourth-order valence-corrected chi connectivity index (χ4v) is 0. The molecular weight excluding hydrogens is 568 g/mol. The summed E-state index contributed by atoms with van der Waals surface area (Å²) in [5.74, 6) is 0. The van der Waals surface area contributed by atoms with Crippen molar-refractivity contribution in [2.24, 2.45) is 0 Å². The van der Waals surface area contributed by atoms with Gasteiger partial charge in [-0.2, -0.15) is 0 Å². The SMILES string of the molecule is [S]=[Mo]=[S].[S]=[Mo]=[S].[S]=[W]=[S]. The Morgan fingerprint density at radius 2 is 0.778 bits per heavy atom. The first-order valence-electron chi connectivity index (χ1n) is 1.00. The maximum atomic E-state index is 4.38. The van der Waals surface area contributed by atoms with Gasteiger partial charge >= 0.3 is 104 Å². The molecule has 0 N–H and O–H groups in total. The van der Waals surface area contributed by atoms with Gasteiger partial charge in [-0.25, -0.2) is 0 Å². The van der Waals surface area contributed by atoms with Crippen LogP contribution in [0.15, 0.2) is 0 Å². The summed E-state index contributed by atoms with van der Waals surface area (Å²) >= 11 is -1.31.